The van der Waals surface area contributed by atoms with Crippen LogP contribution in [0.2, 0.25) is 0 Å². The number of fused-ring (bicyclic) bond motifs is 1. The number of nitrogens with zero attached hydrogens (tertiary/aromatic N) is 2. The number of benzene rings is 1. The molecule has 1 aromatic carbocycles. The van der Waals surface area contributed by atoms with E-state index in [1.807, 2.05) is 19.1 Å². The lowest BCUT2D eigenvalue weighted by Gasteiger charge is -2.11. The molecule has 2 aromatic heterocycles. The maximum atomic E-state index is 12.8. The van der Waals surface area contributed by atoms with Crippen molar-refractivity contribution in [1.82, 2.24) is 9.55 Å². The molecule has 1 unspecified atom stereocenters. The van der Waals surface area contributed by atoms with Gasteiger partial charge in [0.15, 0.2) is 0 Å². The molecule has 2 N–H and O–H groups in total. The van der Waals surface area contributed by atoms with E-state index in [1.165, 1.54) is 22.2 Å². The van der Waals surface area contributed by atoms with E-state index in [-0.39, 0.29) is 24.6 Å². The van der Waals surface area contributed by atoms with Crippen molar-refractivity contribution in [3.63, 3.8) is 0 Å². The zero-order valence-corrected chi connectivity index (χ0v) is 17.7. The number of aromatic nitrogens is 2. The lowest BCUT2D eigenvalue weighted by atomic mass is 9.79. The number of carbonyl (C=O) groups is 1. The SMILES string of the molecule is CCOC(=O)Cn1cnc2sc(C(C)c3ccc(B(O)O)cc3)c(Br)c2c1=O. The zero-order chi connectivity index (χ0) is 20.4. The smallest absolute Gasteiger partial charge is 0.465 e. The molecule has 0 aliphatic rings. The van der Waals surface area contributed by atoms with Gasteiger partial charge in [0.2, 0.25) is 0 Å². The maximum Gasteiger partial charge on any atom is 0.488 e. The van der Waals surface area contributed by atoms with Gasteiger partial charge in [-0.25, -0.2) is 4.98 Å². The lowest BCUT2D eigenvalue weighted by molar-refractivity contribution is -0.143. The first-order valence-corrected chi connectivity index (χ1v) is 10.2. The summed E-state index contributed by atoms with van der Waals surface area (Å²) >= 11 is 4.93. The van der Waals surface area contributed by atoms with Gasteiger partial charge in [0.05, 0.1) is 18.3 Å². The number of halogens is 1. The predicted molar refractivity (Wildman–Crippen MR) is 112 cm³/mol. The molecule has 0 saturated carbocycles. The van der Waals surface area contributed by atoms with E-state index in [2.05, 4.69) is 20.9 Å². The Labute approximate surface area is 173 Å². The summed E-state index contributed by atoms with van der Waals surface area (Å²) in [5.41, 5.74) is 1.07. The monoisotopic (exact) mass is 464 g/mol. The van der Waals surface area contributed by atoms with Gasteiger partial charge in [0.1, 0.15) is 11.4 Å². The first-order valence-electron chi connectivity index (χ1n) is 8.62. The highest BCUT2D eigenvalue weighted by Crippen LogP contribution is 2.39. The molecular formula is C18H18BBrN2O5S. The van der Waals surface area contributed by atoms with Gasteiger partial charge in [-0.2, -0.15) is 0 Å². The molecule has 1 atom stereocenters. The number of hydrogen-bond acceptors (Lipinski definition) is 7. The molecule has 0 aliphatic heterocycles. The minimum absolute atomic E-state index is 0.0450. The van der Waals surface area contributed by atoms with E-state index in [1.54, 1.807) is 19.1 Å². The van der Waals surface area contributed by atoms with Crippen molar-refractivity contribution in [1.29, 1.82) is 0 Å². The average molecular weight is 465 g/mol. The van der Waals surface area contributed by atoms with Crippen LogP contribution in [0.3, 0.4) is 0 Å². The minimum atomic E-state index is -1.51. The van der Waals surface area contributed by atoms with Crippen LogP contribution in [0.1, 0.15) is 30.2 Å². The highest BCUT2D eigenvalue weighted by molar-refractivity contribution is 9.10. The third-order valence-corrected chi connectivity index (χ3v) is 6.74. The van der Waals surface area contributed by atoms with Crippen LogP contribution in [-0.4, -0.2) is 39.3 Å². The Morgan fingerprint density at radius 1 is 1.36 bits per heavy atom. The van der Waals surface area contributed by atoms with Gasteiger partial charge in [0, 0.05) is 15.3 Å². The summed E-state index contributed by atoms with van der Waals surface area (Å²) in [6.07, 6.45) is 1.36. The van der Waals surface area contributed by atoms with E-state index in [0.29, 0.717) is 20.2 Å². The third kappa shape index (κ3) is 4.05. The molecule has 3 aromatic rings. The summed E-state index contributed by atoms with van der Waals surface area (Å²) < 4.78 is 6.79. The Balaban J connectivity index is 1.98. The Kier molecular flexibility index (Phi) is 6.34. The van der Waals surface area contributed by atoms with E-state index >= 15 is 0 Å². The molecule has 0 aliphatic carbocycles. The molecule has 28 heavy (non-hydrogen) atoms. The van der Waals surface area contributed by atoms with Crippen molar-refractivity contribution in [2.75, 3.05) is 6.61 Å². The molecule has 2 heterocycles. The first-order chi connectivity index (χ1) is 13.3. The second kappa shape index (κ2) is 8.56. The Hall–Kier alpha value is -2.01. The van der Waals surface area contributed by atoms with Crippen LogP contribution in [0.25, 0.3) is 10.2 Å². The molecule has 0 amide bonds. The Bertz CT molecular complexity index is 1060. The van der Waals surface area contributed by atoms with Gasteiger partial charge >= 0.3 is 13.1 Å². The standard InChI is InChI=1S/C18H18BBrN2O5S/c1-3-27-13(23)8-22-9-21-17-14(18(22)24)15(20)16(28-17)10(2)11-4-6-12(7-5-11)19(25)26/h4-7,9-10,25-26H,3,8H2,1-2H3. The molecule has 0 spiro atoms. The van der Waals surface area contributed by atoms with E-state index in [4.69, 9.17) is 4.74 Å². The van der Waals surface area contributed by atoms with Crippen LogP contribution >= 0.6 is 27.3 Å². The fourth-order valence-corrected chi connectivity index (χ4v) is 5.04. The maximum absolute atomic E-state index is 12.8. The van der Waals surface area contributed by atoms with Crippen molar-refractivity contribution in [3.8, 4) is 0 Å². The van der Waals surface area contributed by atoms with Crippen molar-refractivity contribution < 1.29 is 19.6 Å². The fraction of sp³-hybridized carbons (Fsp3) is 0.278. The van der Waals surface area contributed by atoms with Crippen molar-refractivity contribution >= 4 is 56.0 Å². The van der Waals surface area contributed by atoms with Crippen LogP contribution in [0.4, 0.5) is 0 Å². The average Bonchev–Trinajstić information content (AvgIpc) is 3.01. The van der Waals surface area contributed by atoms with Gasteiger partial charge in [-0.05, 0) is 33.9 Å². The summed E-state index contributed by atoms with van der Waals surface area (Å²) in [4.78, 5) is 30.4. The number of ether oxygens (including phenoxy) is 1. The molecule has 0 saturated heterocycles. The summed E-state index contributed by atoms with van der Waals surface area (Å²) in [5.74, 6) is -0.534. The molecule has 7 nitrogen and oxygen atoms in total. The molecule has 0 fully saturated rings. The zero-order valence-electron chi connectivity index (χ0n) is 15.3. The summed E-state index contributed by atoms with van der Waals surface area (Å²) in [5, 5.41) is 18.9. The topological polar surface area (TPSA) is 102 Å². The van der Waals surface area contributed by atoms with Crippen LogP contribution in [-0.2, 0) is 16.1 Å². The van der Waals surface area contributed by atoms with Crippen LogP contribution in [0.15, 0.2) is 39.9 Å². The molecular weight excluding hydrogens is 447 g/mol. The molecule has 0 bridgehead atoms. The van der Waals surface area contributed by atoms with Crippen molar-refractivity contribution in [2.45, 2.75) is 26.3 Å². The van der Waals surface area contributed by atoms with Crippen LogP contribution in [0.5, 0.6) is 0 Å². The number of rotatable bonds is 6. The van der Waals surface area contributed by atoms with Crippen LogP contribution < -0.4 is 11.0 Å². The van der Waals surface area contributed by atoms with Gasteiger partial charge < -0.3 is 14.8 Å². The van der Waals surface area contributed by atoms with Gasteiger partial charge in [-0.15, -0.1) is 11.3 Å². The minimum Gasteiger partial charge on any atom is -0.465 e. The molecule has 146 valence electrons. The normalized spacial score (nSPS) is 12.2. The number of thiophene rings is 1. The van der Waals surface area contributed by atoms with Crippen molar-refractivity contribution in [2.24, 2.45) is 0 Å². The van der Waals surface area contributed by atoms with Gasteiger partial charge in [-0.3, -0.25) is 14.2 Å². The van der Waals surface area contributed by atoms with E-state index in [0.717, 1.165) is 10.4 Å². The quantitative estimate of drug-likeness (QED) is 0.424. The predicted octanol–water partition coefficient (Wildman–Crippen LogP) is 1.62. The highest BCUT2D eigenvalue weighted by Gasteiger charge is 2.22. The summed E-state index contributed by atoms with van der Waals surface area (Å²) in [6, 6.07) is 6.95. The number of carbonyl (C=O) groups excluding carboxylic acids is 1. The fourth-order valence-electron chi connectivity index (χ4n) is 2.86. The van der Waals surface area contributed by atoms with E-state index < -0.39 is 13.1 Å². The second-order valence-corrected chi connectivity index (χ2v) is 8.03. The van der Waals surface area contributed by atoms with Gasteiger partial charge in [-0.1, -0.05) is 31.2 Å². The number of esters is 1. The highest BCUT2D eigenvalue weighted by atomic mass is 79.9. The largest absolute Gasteiger partial charge is 0.488 e. The third-order valence-electron chi connectivity index (χ3n) is 4.38. The second-order valence-electron chi connectivity index (χ2n) is 6.21. The van der Waals surface area contributed by atoms with Crippen LogP contribution in [0, 0.1) is 0 Å². The molecule has 10 heteroatoms. The molecule has 3 rings (SSSR count). The lowest BCUT2D eigenvalue weighted by Crippen LogP contribution is -2.29. The first kappa shape index (κ1) is 20.7. The van der Waals surface area contributed by atoms with Gasteiger partial charge in [0.25, 0.3) is 5.56 Å². The summed E-state index contributed by atoms with van der Waals surface area (Å²) in [6.45, 7) is 3.77. The Morgan fingerprint density at radius 3 is 2.64 bits per heavy atom. The summed E-state index contributed by atoms with van der Waals surface area (Å²) in [7, 11) is -1.51. The van der Waals surface area contributed by atoms with Crippen molar-refractivity contribution in [3.05, 3.63) is 55.9 Å². The number of hydrogen-bond donors (Lipinski definition) is 2. The Morgan fingerprint density at radius 2 is 2.04 bits per heavy atom. The molecule has 0 radical (unpaired) electrons. The van der Waals surface area contributed by atoms with E-state index in [9.17, 15) is 19.6 Å².